The predicted molar refractivity (Wildman–Crippen MR) is 67.1 cm³/mol. The maximum absolute atomic E-state index is 13.4. The second kappa shape index (κ2) is 5.06. The number of benzene rings is 1. The zero-order valence-corrected chi connectivity index (χ0v) is 10.8. The van der Waals surface area contributed by atoms with Gasteiger partial charge in [0, 0.05) is 12.7 Å². The fourth-order valence-corrected chi connectivity index (χ4v) is 2.35. The van der Waals surface area contributed by atoms with E-state index in [1.165, 1.54) is 6.07 Å². The van der Waals surface area contributed by atoms with E-state index in [4.69, 9.17) is 4.74 Å². The van der Waals surface area contributed by atoms with Crippen molar-refractivity contribution in [3.63, 3.8) is 0 Å². The summed E-state index contributed by atoms with van der Waals surface area (Å²) < 4.78 is 18.6. The van der Waals surface area contributed by atoms with Crippen molar-refractivity contribution in [3.8, 4) is 0 Å². The second-order valence-corrected chi connectivity index (χ2v) is 4.93. The van der Waals surface area contributed by atoms with Gasteiger partial charge in [-0.15, -0.1) is 0 Å². The fourth-order valence-electron chi connectivity index (χ4n) is 2.35. The maximum Gasteiger partial charge on any atom is 0.252 e. The number of methoxy groups -OCH3 is 1. The molecule has 0 bridgehead atoms. The van der Waals surface area contributed by atoms with Gasteiger partial charge in [-0.3, -0.25) is 4.79 Å². The number of hydrogen-bond acceptors (Lipinski definition) is 2. The van der Waals surface area contributed by atoms with Crippen molar-refractivity contribution in [3.05, 3.63) is 35.1 Å². The minimum atomic E-state index is -0.350. The number of amides is 1. The molecule has 0 spiro atoms. The lowest BCUT2D eigenvalue weighted by molar-refractivity contribution is 0.0476. The molecule has 0 radical (unpaired) electrons. The molecular weight excluding hydrogens is 233 g/mol. The van der Waals surface area contributed by atoms with Gasteiger partial charge in [-0.1, -0.05) is 6.07 Å². The third kappa shape index (κ3) is 2.38. The van der Waals surface area contributed by atoms with E-state index in [0.717, 1.165) is 19.3 Å². The number of hydrogen-bond donors (Lipinski definition) is 1. The highest BCUT2D eigenvalue weighted by atomic mass is 19.1. The summed E-state index contributed by atoms with van der Waals surface area (Å²) in [6.07, 6.45) is 2.92. The van der Waals surface area contributed by atoms with Crippen LogP contribution in [0, 0.1) is 12.7 Å². The van der Waals surface area contributed by atoms with Crippen LogP contribution in [0.15, 0.2) is 18.2 Å². The standard InChI is InChI=1S/C14H18FNO2/c1-10-11(5-3-6-12(10)15)13(17)16-14(9-18-2)7-4-8-14/h3,5-6H,4,7-9H2,1-2H3,(H,16,17). The predicted octanol–water partition coefficient (Wildman–Crippen LogP) is 2.43. The number of nitrogens with one attached hydrogen (secondary N) is 1. The van der Waals surface area contributed by atoms with Crippen LogP contribution in [0.5, 0.6) is 0 Å². The first-order valence-electron chi connectivity index (χ1n) is 6.14. The van der Waals surface area contributed by atoms with Gasteiger partial charge < -0.3 is 10.1 Å². The Balaban J connectivity index is 2.14. The summed E-state index contributed by atoms with van der Waals surface area (Å²) in [5.74, 6) is -0.569. The quantitative estimate of drug-likeness (QED) is 0.892. The Morgan fingerprint density at radius 3 is 2.78 bits per heavy atom. The molecule has 1 aliphatic rings. The van der Waals surface area contributed by atoms with Crippen molar-refractivity contribution >= 4 is 5.91 Å². The molecule has 98 valence electrons. The van der Waals surface area contributed by atoms with Crippen LogP contribution in [-0.4, -0.2) is 25.2 Å². The van der Waals surface area contributed by atoms with Gasteiger partial charge in [-0.25, -0.2) is 4.39 Å². The number of ether oxygens (including phenoxy) is 1. The minimum absolute atomic E-state index is 0.219. The van der Waals surface area contributed by atoms with E-state index >= 15 is 0 Å². The molecule has 1 amide bonds. The van der Waals surface area contributed by atoms with Gasteiger partial charge in [-0.2, -0.15) is 0 Å². The largest absolute Gasteiger partial charge is 0.382 e. The summed E-state index contributed by atoms with van der Waals surface area (Å²) in [7, 11) is 1.62. The molecule has 1 aromatic rings. The molecule has 0 atom stereocenters. The van der Waals surface area contributed by atoms with Gasteiger partial charge in [-0.05, 0) is 43.9 Å². The van der Waals surface area contributed by atoms with Crippen molar-refractivity contribution in [2.24, 2.45) is 0 Å². The third-order valence-corrected chi connectivity index (χ3v) is 3.62. The van der Waals surface area contributed by atoms with Gasteiger partial charge in [0.25, 0.3) is 5.91 Å². The third-order valence-electron chi connectivity index (χ3n) is 3.62. The molecule has 0 aromatic heterocycles. The maximum atomic E-state index is 13.4. The van der Waals surface area contributed by atoms with E-state index in [9.17, 15) is 9.18 Å². The van der Waals surface area contributed by atoms with Crippen molar-refractivity contribution in [1.29, 1.82) is 0 Å². The lowest BCUT2D eigenvalue weighted by Gasteiger charge is -2.42. The van der Waals surface area contributed by atoms with Crippen LogP contribution >= 0.6 is 0 Å². The number of rotatable bonds is 4. The van der Waals surface area contributed by atoms with Crippen molar-refractivity contribution in [2.45, 2.75) is 31.7 Å². The van der Waals surface area contributed by atoms with Crippen molar-refractivity contribution < 1.29 is 13.9 Å². The second-order valence-electron chi connectivity index (χ2n) is 4.93. The number of carbonyl (C=O) groups excluding carboxylic acids is 1. The molecule has 1 fully saturated rings. The smallest absolute Gasteiger partial charge is 0.252 e. The zero-order chi connectivity index (χ0) is 13.2. The molecule has 0 unspecified atom stereocenters. The van der Waals surface area contributed by atoms with E-state index in [-0.39, 0.29) is 17.3 Å². The van der Waals surface area contributed by atoms with E-state index in [1.807, 2.05) is 0 Å². The summed E-state index contributed by atoms with van der Waals surface area (Å²) in [6, 6.07) is 4.56. The highest BCUT2D eigenvalue weighted by molar-refractivity contribution is 5.96. The average molecular weight is 251 g/mol. The molecule has 1 N–H and O–H groups in total. The summed E-state index contributed by atoms with van der Waals surface area (Å²) in [5, 5.41) is 2.98. The molecule has 2 rings (SSSR count). The Morgan fingerprint density at radius 2 is 2.22 bits per heavy atom. The summed E-state index contributed by atoms with van der Waals surface area (Å²) in [6.45, 7) is 2.13. The van der Waals surface area contributed by atoms with E-state index < -0.39 is 0 Å². The summed E-state index contributed by atoms with van der Waals surface area (Å²) >= 11 is 0. The van der Waals surface area contributed by atoms with Crippen molar-refractivity contribution in [1.82, 2.24) is 5.32 Å². The van der Waals surface area contributed by atoms with Gasteiger partial charge in [0.2, 0.25) is 0 Å². The van der Waals surface area contributed by atoms with Gasteiger partial charge >= 0.3 is 0 Å². The molecule has 4 heteroatoms. The first kappa shape index (κ1) is 13.0. The molecule has 0 heterocycles. The monoisotopic (exact) mass is 251 g/mol. The van der Waals surface area contributed by atoms with Gasteiger partial charge in [0.05, 0.1) is 12.1 Å². The first-order chi connectivity index (χ1) is 8.58. The van der Waals surface area contributed by atoms with Crippen molar-refractivity contribution in [2.75, 3.05) is 13.7 Å². The summed E-state index contributed by atoms with van der Waals surface area (Å²) in [4.78, 5) is 12.2. The topological polar surface area (TPSA) is 38.3 Å². The van der Waals surface area contributed by atoms with Crippen LogP contribution in [0.25, 0.3) is 0 Å². The van der Waals surface area contributed by atoms with Gasteiger partial charge in [0.1, 0.15) is 5.82 Å². The van der Waals surface area contributed by atoms with Gasteiger partial charge in [0.15, 0.2) is 0 Å². The van der Waals surface area contributed by atoms with Crippen LogP contribution < -0.4 is 5.32 Å². The normalized spacial score (nSPS) is 17.1. The van der Waals surface area contributed by atoms with Crippen LogP contribution in [0.4, 0.5) is 4.39 Å². The molecule has 0 saturated heterocycles. The fraction of sp³-hybridized carbons (Fsp3) is 0.500. The number of halogens is 1. The summed E-state index contributed by atoms with van der Waals surface area (Å²) in [5.41, 5.74) is 0.532. The highest BCUT2D eigenvalue weighted by Gasteiger charge is 2.38. The van der Waals surface area contributed by atoms with Crippen LogP contribution in [0.3, 0.4) is 0 Å². The first-order valence-corrected chi connectivity index (χ1v) is 6.14. The van der Waals surface area contributed by atoms with Crippen LogP contribution in [0.1, 0.15) is 35.2 Å². The van der Waals surface area contributed by atoms with Crippen LogP contribution in [0.2, 0.25) is 0 Å². The molecule has 0 aliphatic heterocycles. The Hall–Kier alpha value is -1.42. The van der Waals surface area contributed by atoms with Crippen LogP contribution in [-0.2, 0) is 4.74 Å². The highest BCUT2D eigenvalue weighted by Crippen LogP contribution is 2.32. The molecular formula is C14H18FNO2. The average Bonchev–Trinajstić information content (AvgIpc) is 2.30. The SMILES string of the molecule is COCC1(NC(=O)c2cccc(F)c2C)CCC1. The Morgan fingerprint density at radius 1 is 1.50 bits per heavy atom. The molecule has 1 saturated carbocycles. The zero-order valence-electron chi connectivity index (χ0n) is 10.8. The number of carbonyl (C=O) groups is 1. The molecule has 1 aromatic carbocycles. The van der Waals surface area contributed by atoms with E-state index in [1.54, 1.807) is 26.2 Å². The lowest BCUT2D eigenvalue weighted by Crippen LogP contribution is -2.56. The Kier molecular flexibility index (Phi) is 3.66. The Bertz CT molecular complexity index is 455. The van der Waals surface area contributed by atoms with E-state index in [0.29, 0.717) is 17.7 Å². The lowest BCUT2D eigenvalue weighted by atomic mass is 9.77. The molecule has 1 aliphatic carbocycles. The van der Waals surface area contributed by atoms with E-state index in [2.05, 4.69) is 5.32 Å². The Labute approximate surface area is 106 Å². The molecule has 18 heavy (non-hydrogen) atoms. The molecule has 3 nitrogen and oxygen atoms in total. The minimum Gasteiger partial charge on any atom is -0.382 e.